The van der Waals surface area contributed by atoms with Crippen LogP contribution in [0.15, 0.2) is 53.8 Å². The molecule has 0 bridgehead atoms. The van der Waals surface area contributed by atoms with Gasteiger partial charge >= 0.3 is 0 Å². The second kappa shape index (κ2) is 9.92. The summed E-state index contributed by atoms with van der Waals surface area (Å²) in [6.07, 6.45) is 6.64. The Hall–Kier alpha value is -3.81. The zero-order valence-corrected chi connectivity index (χ0v) is 21.9. The molecule has 5 rings (SSSR count). The van der Waals surface area contributed by atoms with Crippen LogP contribution in [0.1, 0.15) is 30.9 Å². The van der Waals surface area contributed by atoms with E-state index in [1.165, 1.54) is 0 Å². The number of H-pyrrole nitrogens is 1. The maximum absolute atomic E-state index is 13.0. The molecule has 1 aliphatic heterocycles. The minimum absolute atomic E-state index is 0.0303. The first-order valence-electron chi connectivity index (χ1n) is 12.3. The molecule has 1 unspecified atom stereocenters. The van der Waals surface area contributed by atoms with Crippen LogP contribution in [0.4, 0.5) is 11.6 Å². The van der Waals surface area contributed by atoms with Crippen molar-refractivity contribution in [1.82, 2.24) is 24.2 Å². The zero-order chi connectivity index (χ0) is 26.2. The van der Waals surface area contributed by atoms with Gasteiger partial charge in [-0.2, -0.15) is 4.31 Å². The highest BCUT2D eigenvalue weighted by atomic mass is 32.2. The average Bonchev–Trinajstić information content (AvgIpc) is 3.32. The number of aromatic nitrogens is 4. The van der Waals surface area contributed by atoms with Crippen molar-refractivity contribution in [2.45, 2.75) is 44.6 Å². The molecule has 0 saturated carbocycles. The van der Waals surface area contributed by atoms with Crippen molar-refractivity contribution in [1.29, 1.82) is 0 Å². The Kier molecular flexibility index (Phi) is 6.67. The number of piperidine rings is 1. The summed E-state index contributed by atoms with van der Waals surface area (Å²) in [5.74, 6) is 0.705. The van der Waals surface area contributed by atoms with Crippen molar-refractivity contribution < 1.29 is 8.42 Å². The van der Waals surface area contributed by atoms with Crippen LogP contribution in [0.25, 0.3) is 27.1 Å². The summed E-state index contributed by atoms with van der Waals surface area (Å²) in [5.41, 5.74) is 4.53. The van der Waals surface area contributed by atoms with Crippen molar-refractivity contribution in [3.63, 3.8) is 0 Å². The van der Waals surface area contributed by atoms with Crippen molar-refractivity contribution in [2.24, 2.45) is 5.92 Å². The first-order chi connectivity index (χ1) is 17.8. The first-order valence-corrected chi connectivity index (χ1v) is 13.7. The summed E-state index contributed by atoms with van der Waals surface area (Å²) >= 11 is 0. The molecule has 0 spiro atoms. The topological polar surface area (TPSA) is 108 Å². The largest absolute Gasteiger partial charge is 0.352 e. The summed E-state index contributed by atoms with van der Waals surface area (Å²) in [7, 11) is -3.49. The number of nitrogens with zero attached hydrogens (tertiary/aromatic N) is 5. The molecular weight excluding hydrogens is 486 g/mol. The summed E-state index contributed by atoms with van der Waals surface area (Å²) in [6, 6.07) is 9.06. The molecule has 10 heteroatoms. The summed E-state index contributed by atoms with van der Waals surface area (Å²) in [6.45, 7) is 14.5. The van der Waals surface area contributed by atoms with Gasteiger partial charge in [-0.3, -0.25) is 0 Å². The van der Waals surface area contributed by atoms with Gasteiger partial charge in [0, 0.05) is 48.7 Å². The number of benzene rings is 1. The molecular formula is C27H29N7O2S. The number of hydrogen-bond donors (Lipinski definition) is 2. The van der Waals surface area contributed by atoms with Gasteiger partial charge in [0.2, 0.25) is 21.7 Å². The van der Waals surface area contributed by atoms with E-state index in [2.05, 4.69) is 32.0 Å². The fourth-order valence-corrected chi connectivity index (χ4v) is 6.30. The third-order valence-corrected chi connectivity index (χ3v) is 8.95. The van der Waals surface area contributed by atoms with E-state index < -0.39 is 10.0 Å². The number of anilines is 1. The minimum atomic E-state index is -3.49. The molecule has 2 N–H and O–H groups in total. The highest BCUT2D eigenvalue weighted by molar-refractivity contribution is 7.89. The average molecular weight is 516 g/mol. The lowest BCUT2D eigenvalue weighted by Gasteiger charge is -2.34. The number of hydrogen-bond acceptors (Lipinski definition) is 6. The highest BCUT2D eigenvalue weighted by Crippen LogP contribution is 2.34. The zero-order valence-electron chi connectivity index (χ0n) is 21.1. The van der Waals surface area contributed by atoms with Crippen LogP contribution in [0.2, 0.25) is 0 Å². The molecule has 0 aliphatic carbocycles. The van der Waals surface area contributed by atoms with Gasteiger partial charge in [-0.25, -0.2) is 28.2 Å². The van der Waals surface area contributed by atoms with Crippen molar-refractivity contribution in [3.8, 4) is 11.3 Å². The fourth-order valence-electron chi connectivity index (χ4n) is 4.83. The molecule has 1 saturated heterocycles. The van der Waals surface area contributed by atoms with Gasteiger partial charge in [0.15, 0.2) is 0 Å². The Morgan fingerprint density at radius 2 is 1.84 bits per heavy atom. The Labute approximate surface area is 216 Å². The molecule has 4 aromatic rings. The molecule has 0 amide bonds. The molecule has 9 nitrogen and oxygen atoms in total. The third-order valence-electron chi connectivity index (χ3n) is 7.03. The maximum atomic E-state index is 13.0. The van der Waals surface area contributed by atoms with E-state index in [1.807, 2.05) is 38.2 Å². The number of aryl methyl sites for hydroxylation is 2. The molecule has 1 aliphatic rings. The van der Waals surface area contributed by atoms with Crippen molar-refractivity contribution >= 4 is 32.7 Å². The Bertz CT molecular complexity index is 1580. The van der Waals surface area contributed by atoms with E-state index in [4.69, 9.17) is 11.6 Å². The number of nitrogens with one attached hydrogen (secondary N) is 2. The number of fused-ring (bicyclic) bond motifs is 1. The summed E-state index contributed by atoms with van der Waals surface area (Å²) in [4.78, 5) is 20.6. The van der Waals surface area contributed by atoms with E-state index in [-0.39, 0.29) is 12.0 Å². The van der Waals surface area contributed by atoms with Gasteiger partial charge in [-0.1, -0.05) is 17.7 Å². The monoisotopic (exact) mass is 515 g/mol. The smallest absolute Gasteiger partial charge is 0.243 e. The molecule has 4 heterocycles. The molecule has 1 atom stereocenters. The first kappa shape index (κ1) is 24.9. The standard InChI is InChI=1S/C27H29N7O2S/c1-17-5-7-21(8-6-17)37(35,36)34-11-9-20(10-12-34)19(3)32-27-31-16-24(28-4)25(33-27)23-15-30-26-22(23)13-18(2)14-29-26/h5-8,13-16,19-20H,9-12H2,1-3H3,(H,29,30)(H,31,32,33). The van der Waals surface area contributed by atoms with Gasteiger partial charge in [0.1, 0.15) is 5.65 Å². The van der Waals surface area contributed by atoms with Crippen molar-refractivity contribution in [3.05, 3.63) is 71.5 Å². The SMILES string of the molecule is [C-]#[N+]c1cnc(NC(C)C2CCN(S(=O)(=O)c3ccc(C)cc3)CC2)nc1-c1c[nH]c2ncc(C)cc12. The number of rotatable bonds is 6. The number of sulfonamides is 1. The van der Waals surface area contributed by atoms with Crippen LogP contribution < -0.4 is 5.32 Å². The summed E-state index contributed by atoms with van der Waals surface area (Å²) < 4.78 is 27.7. The molecule has 0 radical (unpaired) electrons. The van der Waals surface area contributed by atoms with Gasteiger partial charge in [0.05, 0.1) is 17.2 Å². The van der Waals surface area contributed by atoms with Crippen LogP contribution in [0.5, 0.6) is 0 Å². The molecule has 1 fully saturated rings. The van der Waals surface area contributed by atoms with Gasteiger partial charge in [0.25, 0.3) is 0 Å². The highest BCUT2D eigenvalue weighted by Gasteiger charge is 2.31. The maximum Gasteiger partial charge on any atom is 0.243 e. The van der Waals surface area contributed by atoms with E-state index in [9.17, 15) is 8.42 Å². The third kappa shape index (κ3) is 4.92. The quantitative estimate of drug-likeness (QED) is 0.346. The van der Waals surface area contributed by atoms with E-state index in [0.29, 0.717) is 35.3 Å². The Morgan fingerprint density at radius 3 is 2.54 bits per heavy atom. The van der Waals surface area contributed by atoms with Crippen LogP contribution in [0, 0.1) is 26.3 Å². The minimum Gasteiger partial charge on any atom is -0.352 e. The van der Waals surface area contributed by atoms with Crippen LogP contribution in [-0.4, -0.2) is 51.8 Å². The predicted octanol–water partition coefficient (Wildman–Crippen LogP) is 5.09. The predicted molar refractivity (Wildman–Crippen MR) is 144 cm³/mol. The molecule has 3 aromatic heterocycles. The lowest BCUT2D eigenvalue weighted by Crippen LogP contribution is -2.42. The van der Waals surface area contributed by atoms with Crippen molar-refractivity contribution in [2.75, 3.05) is 18.4 Å². The fraction of sp³-hybridized carbons (Fsp3) is 0.333. The Morgan fingerprint density at radius 1 is 1.11 bits per heavy atom. The summed E-state index contributed by atoms with van der Waals surface area (Å²) in [5, 5.41) is 4.30. The van der Waals surface area contributed by atoms with Crippen LogP contribution in [0.3, 0.4) is 0 Å². The number of pyridine rings is 1. The van der Waals surface area contributed by atoms with Gasteiger partial charge < -0.3 is 10.3 Å². The van der Waals surface area contributed by atoms with Gasteiger partial charge in [-0.05, 0) is 63.3 Å². The van der Waals surface area contributed by atoms with Crippen LogP contribution in [-0.2, 0) is 10.0 Å². The molecule has 190 valence electrons. The molecule has 1 aromatic carbocycles. The number of aromatic amines is 1. The van der Waals surface area contributed by atoms with Gasteiger partial charge in [-0.15, -0.1) is 0 Å². The second-order valence-electron chi connectivity index (χ2n) is 9.64. The van der Waals surface area contributed by atoms with E-state index in [0.717, 1.165) is 40.6 Å². The van der Waals surface area contributed by atoms with Crippen LogP contribution >= 0.6 is 0 Å². The Balaban J connectivity index is 1.30. The normalized spacial score (nSPS) is 15.9. The second-order valence-corrected chi connectivity index (χ2v) is 11.6. The van der Waals surface area contributed by atoms with E-state index in [1.54, 1.807) is 28.8 Å². The van der Waals surface area contributed by atoms with E-state index >= 15 is 0 Å². The lowest BCUT2D eigenvalue weighted by molar-refractivity contribution is 0.257. The molecule has 37 heavy (non-hydrogen) atoms. The lowest BCUT2D eigenvalue weighted by atomic mass is 9.91.